The summed E-state index contributed by atoms with van der Waals surface area (Å²) in [7, 11) is 0. The van der Waals surface area contributed by atoms with Crippen LogP contribution in [0.15, 0.2) is 12.2 Å². The molecule has 0 aliphatic heterocycles. The number of fused-ring (bicyclic) bond motifs is 1. The number of hydrogen-bond donors (Lipinski definition) is 2. The summed E-state index contributed by atoms with van der Waals surface area (Å²) in [5, 5.41) is 19.6. The fraction of sp³-hybridized carbons (Fsp3) is 0.895. The Balaban J connectivity index is 1.77. The van der Waals surface area contributed by atoms with Gasteiger partial charge in [-0.05, 0) is 73.7 Å². The van der Waals surface area contributed by atoms with Gasteiger partial charge in [-0.25, -0.2) is 0 Å². The molecule has 0 radical (unpaired) electrons. The summed E-state index contributed by atoms with van der Waals surface area (Å²) in [6.07, 6.45) is -5.41. The average Bonchev–Trinajstić information content (AvgIpc) is 3.19. The predicted octanol–water partition coefficient (Wildman–Crippen LogP) is 5.15. The predicted molar refractivity (Wildman–Crippen MR) is 86.7 cm³/mol. The largest absolute Gasteiger partial charge is 0.429 e. The van der Waals surface area contributed by atoms with Crippen molar-refractivity contribution in [2.45, 2.75) is 82.3 Å². The Morgan fingerprint density at radius 1 is 0.963 bits per heavy atom. The molecule has 3 saturated carbocycles. The van der Waals surface area contributed by atoms with E-state index in [1.165, 1.54) is 0 Å². The van der Waals surface area contributed by atoms with Crippen molar-refractivity contribution in [1.29, 1.82) is 0 Å². The fourth-order valence-electron chi connectivity index (χ4n) is 5.82. The standard InChI is InChI=1S/C19H26F6O2/c1-15-7-2-4-13(26)12(15)5-6-14(15)16(10-11-16)8-3-9-17(27,18(20,21)22)19(23,24)25/h3,9,12-14,26-27H,2,4-8,10-11H2,1H3/b9-3-/t12-,13-,14-,15-/m0/s1. The summed E-state index contributed by atoms with van der Waals surface area (Å²) in [5.41, 5.74) is -5.25. The number of halogens is 6. The van der Waals surface area contributed by atoms with Gasteiger partial charge in [-0.1, -0.05) is 19.4 Å². The molecule has 2 nitrogen and oxygen atoms in total. The Kier molecular flexibility index (Phi) is 4.95. The van der Waals surface area contributed by atoms with Gasteiger partial charge in [0.2, 0.25) is 0 Å². The van der Waals surface area contributed by atoms with Crippen molar-refractivity contribution < 1.29 is 36.6 Å². The molecular weight excluding hydrogens is 374 g/mol. The Labute approximate surface area is 154 Å². The van der Waals surface area contributed by atoms with Gasteiger partial charge in [-0.15, -0.1) is 0 Å². The quantitative estimate of drug-likeness (QED) is 0.506. The van der Waals surface area contributed by atoms with Gasteiger partial charge in [-0.3, -0.25) is 0 Å². The maximum atomic E-state index is 12.8. The molecule has 0 spiro atoms. The summed E-state index contributed by atoms with van der Waals surface area (Å²) < 4.78 is 76.9. The monoisotopic (exact) mass is 400 g/mol. The van der Waals surface area contributed by atoms with Crippen LogP contribution >= 0.6 is 0 Å². The summed E-state index contributed by atoms with van der Waals surface area (Å²) in [6.45, 7) is 2.11. The van der Waals surface area contributed by atoms with Crippen molar-refractivity contribution in [2.24, 2.45) is 22.7 Å². The lowest BCUT2D eigenvalue weighted by Crippen LogP contribution is -2.55. The van der Waals surface area contributed by atoms with E-state index in [-0.39, 0.29) is 41.3 Å². The van der Waals surface area contributed by atoms with Gasteiger partial charge in [0.05, 0.1) is 6.10 Å². The molecule has 4 atom stereocenters. The third kappa shape index (κ3) is 3.30. The molecule has 0 unspecified atom stereocenters. The van der Waals surface area contributed by atoms with E-state index >= 15 is 0 Å². The van der Waals surface area contributed by atoms with Gasteiger partial charge in [0, 0.05) is 0 Å². The lowest BCUT2D eigenvalue weighted by atomic mass is 9.60. The van der Waals surface area contributed by atoms with Crippen molar-refractivity contribution >= 4 is 0 Å². The Bertz CT molecular complexity index is 578. The molecule has 3 aliphatic carbocycles. The zero-order chi connectivity index (χ0) is 20.3. The second kappa shape index (κ2) is 6.37. The molecule has 8 heteroatoms. The molecule has 2 N–H and O–H groups in total. The van der Waals surface area contributed by atoms with Gasteiger partial charge >= 0.3 is 12.4 Å². The zero-order valence-corrected chi connectivity index (χ0v) is 15.2. The molecule has 0 bridgehead atoms. The Hall–Kier alpha value is -0.760. The van der Waals surface area contributed by atoms with E-state index in [1.807, 2.05) is 0 Å². The van der Waals surface area contributed by atoms with Crippen molar-refractivity contribution in [2.75, 3.05) is 0 Å². The lowest BCUT2D eigenvalue weighted by Gasteiger charge is -2.46. The molecule has 156 valence electrons. The molecule has 0 amide bonds. The first-order chi connectivity index (χ1) is 12.3. The van der Waals surface area contributed by atoms with Crippen molar-refractivity contribution in [3.8, 4) is 0 Å². The number of aliphatic hydroxyl groups is 2. The van der Waals surface area contributed by atoms with E-state index in [0.717, 1.165) is 51.0 Å². The first-order valence-corrected chi connectivity index (χ1v) is 9.48. The number of alkyl halides is 6. The van der Waals surface area contributed by atoms with Crippen LogP contribution in [0, 0.1) is 22.7 Å². The van der Waals surface area contributed by atoms with Crippen LogP contribution in [0.4, 0.5) is 26.3 Å². The summed E-state index contributed by atoms with van der Waals surface area (Å²) in [4.78, 5) is 0. The Morgan fingerprint density at radius 2 is 1.56 bits per heavy atom. The molecular formula is C19H26F6O2. The van der Waals surface area contributed by atoms with Crippen LogP contribution < -0.4 is 0 Å². The molecule has 3 fully saturated rings. The third-order valence-corrected chi connectivity index (χ3v) is 7.47. The van der Waals surface area contributed by atoms with E-state index in [9.17, 15) is 36.6 Å². The fourth-order valence-corrected chi connectivity index (χ4v) is 5.82. The SMILES string of the molecule is C[C@]12CCC[C@H](O)[C@@H]1CC[C@@H]2C1(C/C=C\C(O)(C(F)(F)F)C(F)(F)F)CC1. The smallest absolute Gasteiger partial charge is 0.393 e. The van der Waals surface area contributed by atoms with E-state index in [1.54, 1.807) is 0 Å². The molecule has 0 aromatic heterocycles. The van der Waals surface area contributed by atoms with Crippen LogP contribution in [-0.2, 0) is 0 Å². The molecule has 0 saturated heterocycles. The van der Waals surface area contributed by atoms with E-state index < -0.39 is 18.0 Å². The summed E-state index contributed by atoms with van der Waals surface area (Å²) in [5.74, 6) is 0.333. The topological polar surface area (TPSA) is 40.5 Å². The summed E-state index contributed by atoms with van der Waals surface area (Å²) in [6, 6.07) is 0. The van der Waals surface area contributed by atoms with Crippen molar-refractivity contribution in [3.63, 3.8) is 0 Å². The van der Waals surface area contributed by atoms with Crippen molar-refractivity contribution in [1.82, 2.24) is 0 Å². The maximum absolute atomic E-state index is 12.8. The molecule has 0 heterocycles. The molecule has 0 aromatic rings. The van der Waals surface area contributed by atoms with Crippen LogP contribution in [0.5, 0.6) is 0 Å². The number of aliphatic hydroxyl groups excluding tert-OH is 1. The normalized spacial score (nSPS) is 36.9. The third-order valence-electron chi connectivity index (χ3n) is 7.47. The minimum atomic E-state index is -5.82. The van der Waals surface area contributed by atoms with E-state index in [0.29, 0.717) is 0 Å². The maximum Gasteiger partial charge on any atom is 0.429 e. The molecule has 27 heavy (non-hydrogen) atoms. The first-order valence-electron chi connectivity index (χ1n) is 9.48. The summed E-state index contributed by atoms with van der Waals surface area (Å²) >= 11 is 0. The van der Waals surface area contributed by atoms with Crippen LogP contribution in [-0.4, -0.2) is 34.3 Å². The zero-order valence-electron chi connectivity index (χ0n) is 15.2. The first kappa shape index (κ1) is 21.0. The highest BCUT2D eigenvalue weighted by Crippen LogP contribution is 2.69. The number of rotatable bonds is 4. The van der Waals surface area contributed by atoms with E-state index in [4.69, 9.17) is 0 Å². The van der Waals surface area contributed by atoms with Gasteiger partial charge in [0.1, 0.15) is 0 Å². The molecule has 0 aromatic carbocycles. The average molecular weight is 400 g/mol. The second-order valence-electron chi connectivity index (χ2n) is 8.93. The van der Waals surface area contributed by atoms with Crippen LogP contribution in [0.2, 0.25) is 0 Å². The van der Waals surface area contributed by atoms with Gasteiger partial charge < -0.3 is 10.2 Å². The highest BCUT2D eigenvalue weighted by atomic mass is 19.4. The molecule has 3 aliphatic rings. The van der Waals surface area contributed by atoms with Crippen molar-refractivity contribution in [3.05, 3.63) is 12.2 Å². The number of hydrogen-bond acceptors (Lipinski definition) is 2. The molecule has 3 rings (SSSR count). The lowest BCUT2D eigenvalue weighted by molar-refractivity contribution is -0.347. The minimum Gasteiger partial charge on any atom is -0.393 e. The van der Waals surface area contributed by atoms with Gasteiger partial charge in [0.25, 0.3) is 5.60 Å². The Morgan fingerprint density at radius 3 is 2.07 bits per heavy atom. The minimum absolute atomic E-state index is 0.0878. The van der Waals surface area contributed by atoms with Crippen LogP contribution in [0.3, 0.4) is 0 Å². The van der Waals surface area contributed by atoms with Crippen LogP contribution in [0.1, 0.15) is 58.3 Å². The second-order valence-corrected chi connectivity index (χ2v) is 8.93. The highest BCUT2D eigenvalue weighted by molar-refractivity contribution is 5.16. The number of allylic oxidation sites excluding steroid dienone is 1. The van der Waals surface area contributed by atoms with E-state index in [2.05, 4.69) is 6.92 Å². The highest BCUT2D eigenvalue weighted by Gasteiger charge is 2.69. The van der Waals surface area contributed by atoms with Gasteiger partial charge in [-0.2, -0.15) is 26.3 Å². The van der Waals surface area contributed by atoms with Gasteiger partial charge in [0.15, 0.2) is 0 Å². The van der Waals surface area contributed by atoms with Crippen LogP contribution in [0.25, 0.3) is 0 Å².